The van der Waals surface area contributed by atoms with Gasteiger partial charge in [-0.25, -0.2) is 0 Å². The van der Waals surface area contributed by atoms with Crippen LogP contribution in [0.25, 0.3) is 11.4 Å². The molecule has 8 heteroatoms. The fourth-order valence-electron chi connectivity index (χ4n) is 11.4. The number of hydrogen-bond donors (Lipinski definition) is 0. The Morgan fingerprint density at radius 3 is 0.800 bits per heavy atom. The zero-order valence-electron chi connectivity index (χ0n) is 45.8. The van der Waals surface area contributed by atoms with Crippen LogP contribution in [0.5, 0.6) is 0 Å². The summed E-state index contributed by atoms with van der Waals surface area (Å²) in [5.74, 6) is 0.755. The number of nitrogens with zero attached hydrogens (tertiary/aromatic N) is 2. The summed E-state index contributed by atoms with van der Waals surface area (Å²) in [6.07, 6.45) is 51.8. The lowest BCUT2D eigenvalue weighted by Gasteiger charge is -2.29. The Morgan fingerprint density at radius 1 is 0.357 bits per heavy atom. The minimum atomic E-state index is -0.00638. The highest BCUT2D eigenvalue weighted by Gasteiger charge is 2.50. The van der Waals surface area contributed by atoms with Crippen LogP contribution < -0.4 is 9.55 Å². The number of carbonyl (C=O) groups is 2. The Labute approximate surface area is 442 Å². The predicted octanol–water partition coefficient (Wildman–Crippen LogP) is 18.1. The van der Waals surface area contributed by atoms with E-state index in [2.05, 4.69) is 39.8 Å². The smallest absolute Gasteiger partial charge is 0.261 e. The van der Waals surface area contributed by atoms with Gasteiger partial charge in [-0.05, 0) is 59.2 Å². The van der Waals surface area contributed by atoms with Crippen LogP contribution in [0.3, 0.4) is 0 Å². The van der Waals surface area contributed by atoms with Gasteiger partial charge in [-0.1, -0.05) is 271 Å². The fraction of sp³-hybridized carbons (Fsp3) is 0.774. The Kier molecular flexibility index (Phi) is 32.5. The zero-order chi connectivity index (χ0) is 50.0. The van der Waals surface area contributed by atoms with Gasteiger partial charge in [0.15, 0.2) is 0 Å². The molecule has 4 nitrogen and oxygen atoms in total. The monoisotopic (exact) mass is 993 g/mol. The van der Waals surface area contributed by atoms with Crippen molar-refractivity contribution in [3.63, 3.8) is 0 Å². The van der Waals surface area contributed by atoms with Crippen molar-refractivity contribution in [3.05, 3.63) is 45.2 Å². The van der Waals surface area contributed by atoms with Crippen LogP contribution in [0.1, 0.15) is 294 Å². The van der Waals surface area contributed by atoms with E-state index in [-0.39, 0.29) is 11.8 Å². The molecular weight excluding hydrogens is 890 g/mol. The van der Waals surface area contributed by atoms with Crippen molar-refractivity contribution in [3.8, 4) is 0 Å². The van der Waals surface area contributed by atoms with Crippen LogP contribution in [-0.4, -0.2) is 50.4 Å². The largest absolute Gasteiger partial charge is 0.306 e. The quantitative estimate of drug-likeness (QED) is 0.0490. The summed E-state index contributed by atoms with van der Waals surface area (Å²) in [6.45, 7) is 10.5. The number of carbonyl (C=O) groups excluding carboxylic acids is 2. The molecule has 4 rings (SSSR count). The molecule has 4 radical (unpaired) electrons. The topological polar surface area (TPSA) is 40.6 Å². The third-order valence-corrected chi connectivity index (χ3v) is 17.5. The highest BCUT2D eigenvalue weighted by atomic mass is 32.1. The lowest BCUT2D eigenvalue weighted by Crippen LogP contribution is -2.34. The van der Waals surface area contributed by atoms with Gasteiger partial charge in [-0.15, -0.1) is 0 Å². The summed E-state index contributed by atoms with van der Waals surface area (Å²) in [5, 5.41) is 0. The third kappa shape index (κ3) is 22.2. The van der Waals surface area contributed by atoms with Gasteiger partial charge in [-0.2, -0.15) is 22.7 Å². The molecule has 2 aromatic heterocycles. The number of amides is 2. The van der Waals surface area contributed by atoms with Gasteiger partial charge in [0.1, 0.15) is 15.7 Å². The molecule has 0 bridgehead atoms. The fourth-order valence-corrected chi connectivity index (χ4v) is 13.0. The van der Waals surface area contributed by atoms with Gasteiger partial charge in [0, 0.05) is 13.1 Å². The van der Waals surface area contributed by atoms with Crippen molar-refractivity contribution in [2.45, 2.75) is 285 Å². The zero-order valence-corrected chi connectivity index (χ0v) is 47.5. The third-order valence-electron chi connectivity index (χ3n) is 15.6. The number of hydrogen-bond acceptors (Lipinski definition) is 4. The van der Waals surface area contributed by atoms with Gasteiger partial charge in [-0.3, -0.25) is 9.59 Å². The van der Waals surface area contributed by atoms with Gasteiger partial charge >= 0.3 is 0 Å². The van der Waals surface area contributed by atoms with Crippen LogP contribution in [0.2, 0.25) is 0 Å². The van der Waals surface area contributed by atoms with E-state index in [0.29, 0.717) is 45.6 Å². The van der Waals surface area contributed by atoms with Gasteiger partial charge in [0.25, 0.3) is 11.8 Å². The Hall–Kier alpha value is -2.05. The Morgan fingerprint density at radius 2 is 0.586 bits per heavy atom. The summed E-state index contributed by atoms with van der Waals surface area (Å²) in [4.78, 5) is 36.8. The first-order chi connectivity index (χ1) is 34.3. The van der Waals surface area contributed by atoms with Crippen molar-refractivity contribution in [2.75, 3.05) is 13.1 Å². The summed E-state index contributed by atoms with van der Waals surface area (Å²) < 4.78 is 1.42. The molecule has 0 fully saturated rings. The second kappa shape index (κ2) is 37.6. The maximum absolute atomic E-state index is 15.4. The molecule has 390 valence electrons. The maximum Gasteiger partial charge on any atom is 0.261 e. The lowest BCUT2D eigenvalue weighted by molar-refractivity contribution is -0.124. The molecule has 2 aliphatic rings. The first-order valence-corrected chi connectivity index (χ1v) is 31.8. The van der Waals surface area contributed by atoms with E-state index < -0.39 is 0 Å². The van der Waals surface area contributed by atoms with Gasteiger partial charge in [0.2, 0.25) is 0 Å². The molecule has 0 spiro atoms. The number of unbranched alkanes of at least 4 members (excludes halogenated alkanes) is 32. The summed E-state index contributed by atoms with van der Waals surface area (Å²) in [6, 6.07) is 8.00. The predicted molar refractivity (Wildman–Crippen MR) is 311 cm³/mol. The Bertz CT molecular complexity index is 1640. The molecule has 0 N–H and O–H groups in total. The van der Waals surface area contributed by atoms with Crippen molar-refractivity contribution in [1.29, 1.82) is 0 Å². The molecule has 2 atom stereocenters. The van der Waals surface area contributed by atoms with Crippen LogP contribution in [0.4, 0.5) is 0 Å². The maximum atomic E-state index is 15.4. The van der Waals surface area contributed by atoms with E-state index in [1.165, 1.54) is 254 Å². The molecule has 2 aliphatic heterocycles. The number of rotatable bonds is 46. The summed E-state index contributed by atoms with van der Waals surface area (Å²) in [5.41, 5.74) is 2.80. The van der Waals surface area contributed by atoms with E-state index in [9.17, 15) is 0 Å². The van der Waals surface area contributed by atoms with E-state index >= 15 is 9.59 Å². The van der Waals surface area contributed by atoms with Crippen molar-refractivity contribution < 1.29 is 9.59 Å². The summed E-state index contributed by atoms with van der Waals surface area (Å²) in [7, 11) is 12.9. The van der Waals surface area contributed by atoms with E-state index in [1.54, 1.807) is 0 Å². The van der Waals surface area contributed by atoms with Crippen molar-refractivity contribution in [1.82, 2.24) is 9.80 Å². The molecule has 2 unspecified atom stereocenters. The molecule has 0 aliphatic carbocycles. The van der Waals surface area contributed by atoms with E-state index in [0.717, 1.165) is 46.8 Å². The average Bonchev–Trinajstić information content (AvgIpc) is 4.12. The molecule has 70 heavy (non-hydrogen) atoms. The van der Waals surface area contributed by atoms with Crippen LogP contribution in [0, 0.1) is 11.8 Å². The SMILES string of the molecule is [B]c1ccc(C2=C3C(=O)N(CC(CCCCCCCCCC)CCCCCCCCCCCC)C(c4ccc([B])s4)=C3C(=O)N2CC(CCCCCCCCCC)CCCCCCCCCCCC)s1. The van der Waals surface area contributed by atoms with Crippen molar-refractivity contribution >= 4 is 71.1 Å². The minimum absolute atomic E-state index is 0.00638. The van der Waals surface area contributed by atoms with Crippen LogP contribution in [-0.2, 0) is 9.59 Å². The van der Waals surface area contributed by atoms with Crippen molar-refractivity contribution in [2.24, 2.45) is 11.8 Å². The first-order valence-electron chi connectivity index (χ1n) is 30.2. The minimum Gasteiger partial charge on any atom is -0.306 e. The highest BCUT2D eigenvalue weighted by molar-refractivity contribution is 7.21. The molecule has 0 aromatic carbocycles. The van der Waals surface area contributed by atoms with Crippen LogP contribution >= 0.6 is 22.7 Å². The number of thiophene rings is 2. The Balaban J connectivity index is 1.56. The van der Waals surface area contributed by atoms with Crippen LogP contribution in [0.15, 0.2) is 35.4 Å². The normalized spacial score (nSPS) is 14.9. The number of fused-ring (bicyclic) bond motifs is 1. The van der Waals surface area contributed by atoms with E-state index in [4.69, 9.17) is 15.7 Å². The first kappa shape index (κ1) is 60.5. The standard InChI is InChI=1S/C62H102B2N2O2S2/c1-5-9-13-17-21-25-27-31-35-39-43-51(41-37-33-29-23-19-15-11-7-3)49-65-59(53-45-47-55(63)69-53)57-58(61(65)67)60(54-46-48-56(64)70-54)66(62(57)68)50-52(42-38-34-30-24-20-16-12-8-4)44-40-36-32-28-26-22-18-14-10-6-2/h45-48,51-52H,5-44,49-50H2,1-4H3. The molecule has 4 heterocycles. The van der Waals surface area contributed by atoms with E-state index in [1.807, 2.05) is 21.9 Å². The summed E-state index contributed by atoms with van der Waals surface area (Å²) >= 11 is 3.03. The second-order valence-corrected chi connectivity index (χ2v) is 24.1. The molecular formula is C62H102B2N2O2S2. The average molecular weight is 993 g/mol. The molecule has 0 saturated carbocycles. The van der Waals surface area contributed by atoms with Gasteiger partial charge < -0.3 is 9.80 Å². The lowest BCUT2D eigenvalue weighted by atomic mass is 9.93. The highest BCUT2D eigenvalue weighted by Crippen LogP contribution is 2.49. The second-order valence-electron chi connectivity index (χ2n) is 21.9. The molecule has 2 aromatic rings. The van der Waals surface area contributed by atoms with Gasteiger partial charge in [0.05, 0.1) is 32.3 Å². The molecule has 2 amide bonds. The molecule has 0 saturated heterocycles.